The number of likely N-dealkylation sites (N-methyl/N-ethyl adjacent to an activating group) is 1. The highest BCUT2D eigenvalue weighted by Crippen LogP contribution is 2.25. The second-order valence-corrected chi connectivity index (χ2v) is 6.12. The predicted molar refractivity (Wildman–Crippen MR) is 81.8 cm³/mol. The van der Waals surface area contributed by atoms with Crippen LogP contribution < -0.4 is 10.6 Å². The van der Waals surface area contributed by atoms with Gasteiger partial charge in [-0.3, -0.25) is 9.69 Å². The van der Waals surface area contributed by atoms with Crippen molar-refractivity contribution in [2.45, 2.75) is 57.2 Å². The zero-order valence-corrected chi connectivity index (χ0v) is 13.2. The number of carboxylic acids is 1. The fourth-order valence-corrected chi connectivity index (χ4v) is 3.09. The smallest absolute Gasteiger partial charge is 0.317 e. The Kier molecular flexibility index (Phi) is 6.45. The van der Waals surface area contributed by atoms with E-state index in [0.717, 1.165) is 45.3 Å². The number of nitrogens with zero attached hydrogens (tertiary/aromatic N) is 1. The van der Waals surface area contributed by atoms with Crippen LogP contribution in [0.1, 0.15) is 39.0 Å². The third-order valence-corrected chi connectivity index (χ3v) is 4.47. The molecule has 0 bridgehead atoms. The van der Waals surface area contributed by atoms with Crippen molar-refractivity contribution in [3.63, 3.8) is 0 Å². The van der Waals surface area contributed by atoms with Crippen LogP contribution in [0.2, 0.25) is 0 Å². The van der Waals surface area contributed by atoms with Crippen LogP contribution in [0.25, 0.3) is 0 Å². The molecule has 0 radical (unpaired) electrons. The predicted octanol–water partition coefficient (Wildman–Crippen LogP) is 0.792. The molecule has 22 heavy (non-hydrogen) atoms. The fourth-order valence-electron chi connectivity index (χ4n) is 3.09. The van der Waals surface area contributed by atoms with E-state index in [1.165, 1.54) is 0 Å². The summed E-state index contributed by atoms with van der Waals surface area (Å²) in [5.41, 5.74) is 0. The summed E-state index contributed by atoms with van der Waals surface area (Å²) in [6.07, 6.45) is 5.04. The number of rotatable bonds is 7. The summed E-state index contributed by atoms with van der Waals surface area (Å²) in [5, 5.41) is 14.7. The van der Waals surface area contributed by atoms with Gasteiger partial charge in [-0.15, -0.1) is 0 Å². The Morgan fingerprint density at radius 2 is 2.09 bits per heavy atom. The van der Waals surface area contributed by atoms with Gasteiger partial charge in [-0.1, -0.05) is 6.92 Å². The molecule has 1 saturated heterocycles. The van der Waals surface area contributed by atoms with Crippen molar-refractivity contribution in [1.29, 1.82) is 0 Å². The van der Waals surface area contributed by atoms with E-state index in [-0.39, 0.29) is 30.8 Å². The number of nitrogens with one attached hydrogen (secondary N) is 2. The molecule has 7 nitrogen and oxygen atoms in total. The first-order chi connectivity index (χ1) is 10.6. The van der Waals surface area contributed by atoms with Gasteiger partial charge in [0.1, 0.15) is 0 Å². The van der Waals surface area contributed by atoms with Gasteiger partial charge in [0.05, 0.1) is 12.6 Å². The molecule has 1 unspecified atom stereocenters. The highest BCUT2D eigenvalue weighted by Gasteiger charge is 2.34. The van der Waals surface area contributed by atoms with E-state index in [1.807, 2.05) is 11.8 Å². The summed E-state index contributed by atoms with van der Waals surface area (Å²) in [7, 11) is 0. The van der Waals surface area contributed by atoms with Crippen LogP contribution in [0.15, 0.2) is 0 Å². The second-order valence-electron chi connectivity index (χ2n) is 6.12. The van der Waals surface area contributed by atoms with Crippen molar-refractivity contribution in [2.24, 2.45) is 0 Å². The summed E-state index contributed by atoms with van der Waals surface area (Å²) in [6, 6.07) is 0.243. The first-order valence-electron chi connectivity index (χ1n) is 8.20. The van der Waals surface area contributed by atoms with Crippen LogP contribution in [-0.2, 0) is 9.53 Å². The molecule has 3 N–H and O–H groups in total. The van der Waals surface area contributed by atoms with Gasteiger partial charge in [-0.25, -0.2) is 4.79 Å². The van der Waals surface area contributed by atoms with Crippen molar-refractivity contribution < 1.29 is 19.4 Å². The highest BCUT2D eigenvalue weighted by molar-refractivity contribution is 5.74. The molecular weight excluding hydrogens is 286 g/mol. The number of hydrogen-bond donors (Lipinski definition) is 3. The third-order valence-electron chi connectivity index (χ3n) is 4.47. The normalized spacial score (nSPS) is 28.0. The molecule has 0 aromatic carbocycles. The van der Waals surface area contributed by atoms with E-state index in [2.05, 4.69) is 10.6 Å². The maximum atomic E-state index is 11.8. The number of carbonyl (C=O) groups excluding carboxylic acids is 1. The lowest BCUT2D eigenvalue weighted by Crippen LogP contribution is -2.56. The average Bonchev–Trinajstić information content (AvgIpc) is 2.47. The first kappa shape index (κ1) is 17.0. The van der Waals surface area contributed by atoms with Crippen LogP contribution in [0.3, 0.4) is 0 Å². The monoisotopic (exact) mass is 313 g/mol. The maximum absolute atomic E-state index is 11.8. The molecule has 7 heteroatoms. The van der Waals surface area contributed by atoms with Crippen molar-refractivity contribution in [1.82, 2.24) is 15.5 Å². The van der Waals surface area contributed by atoms with E-state index < -0.39 is 5.97 Å². The van der Waals surface area contributed by atoms with E-state index in [9.17, 15) is 9.59 Å². The van der Waals surface area contributed by atoms with Crippen LogP contribution in [0, 0.1) is 0 Å². The van der Waals surface area contributed by atoms with Gasteiger partial charge < -0.3 is 20.5 Å². The molecule has 1 aliphatic carbocycles. The van der Waals surface area contributed by atoms with E-state index in [1.54, 1.807) is 0 Å². The molecule has 1 aliphatic heterocycles. The largest absolute Gasteiger partial charge is 0.480 e. The van der Waals surface area contributed by atoms with E-state index in [4.69, 9.17) is 9.84 Å². The molecular formula is C15H27N3O4. The Morgan fingerprint density at radius 1 is 1.32 bits per heavy atom. The zero-order chi connectivity index (χ0) is 15.9. The molecule has 0 spiro atoms. The molecule has 2 rings (SSSR count). The topological polar surface area (TPSA) is 90.9 Å². The second kappa shape index (κ2) is 8.33. The summed E-state index contributed by atoms with van der Waals surface area (Å²) in [6.45, 7) is 4.09. The van der Waals surface area contributed by atoms with Crippen LogP contribution in [0.5, 0.6) is 0 Å². The molecule has 126 valence electrons. The van der Waals surface area contributed by atoms with Gasteiger partial charge in [0.15, 0.2) is 0 Å². The minimum Gasteiger partial charge on any atom is -0.480 e. The van der Waals surface area contributed by atoms with Gasteiger partial charge in [0.2, 0.25) is 0 Å². The SMILES string of the molecule is CCN(CC(=O)O)C1CC(NC(=O)NCC2CCCCO2)C1. The Hall–Kier alpha value is -1.34. The van der Waals surface area contributed by atoms with E-state index >= 15 is 0 Å². The Labute approximate surface area is 131 Å². The summed E-state index contributed by atoms with van der Waals surface area (Å²) < 4.78 is 5.57. The molecule has 2 fully saturated rings. The van der Waals surface area contributed by atoms with Crippen LogP contribution in [0.4, 0.5) is 4.79 Å². The number of carbonyl (C=O) groups is 2. The molecule has 1 saturated carbocycles. The minimum absolute atomic E-state index is 0.0686. The molecule has 2 aliphatic rings. The number of urea groups is 1. The lowest BCUT2D eigenvalue weighted by Gasteiger charge is -2.42. The lowest BCUT2D eigenvalue weighted by atomic mass is 9.85. The average molecular weight is 313 g/mol. The number of carboxylic acid groups (broad SMARTS) is 1. The third kappa shape index (κ3) is 5.14. The summed E-state index contributed by atoms with van der Waals surface area (Å²) in [5.74, 6) is -0.802. The van der Waals surface area contributed by atoms with Gasteiger partial charge in [-0.2, -0.15) is 0 Å². The van der Waals surface area contributed by atoms with Crippen LogP contribution in [-0.4, -0.2) is 66.4 Å². The van der Waals surface area contributed by atoms with Crippen molar-refractivity contribution in [3.8, 4) is 0 Å². The fraction of sp³-hybridized carbons (Fsp3) is 0.867. The van der Waals surface area contributed by atoms with Gasteiger partial charge in [0, 0.05) is 25.2 Å². The number of ether oxygens (including phenoxy) is 1. The number of amides is 2. The maximum Gasteiger partial charge on any atom is 0.317 e. The molecule has 2 amide bonds. The summed E-state index contributed by atoms with van der Waals surface area (Å²) >= 11 is 0. The van der Waals surface area contributed by atoms with Crippen molar-refractivity contribution >= 4 is 12.0 Å². The van der Waals surface area contributed by atoms with Crippen molar-refractivity contribution in [3.05, 3.63) is 0 Å². The van der Waals surface area contributed by atoms with Gasteiger partial charge in [-0.05, 0) is 38.6 Å². The minimum atomic E-state index is -0.802. The zero-order valence-electron chi connectivity index (χ0n) is 13.2. The standard InChI is InChI=1S/C15H27N3O4/c1-2-18(10-14(19)20)12-7-11(8-12)17-15(21)16-9-13-5-3-4-6-22-13/h11-13H,2-10H2,1H3,(H,19,20)(H2,16,17,21). The first-order valence-corrected chi connectivity index (χ1v) is 8.20. The van der Waals surface area contributed by atoms with Crippen molar-refractivity contribution in [2.75, 3.05) is 26.2 Å². The lowest BCUT2D eigenvalue weighted by molar-refractivity contribution is -0.139. The van der Waals surface area contributed by atoms with Crippen LogP contribution >= 0.6 is 0 Å². The molecule has 0 aromatic heterocycles. The highest BCUT2D eigenvalue weighted by atomic mass is 16.5. The summed E-state index contributed by atoms with van der Waals surface area (Å²) in [4.78, 5) is 24.5. The quantitative estimate of drug-likeness (QED) is 0.646. The Balaban J connectivity index is 1.60. The van der Waals surface area contributed by atoms with E-state index in [0.29, 0.717) is 6.54 Å². The van der Waals surface area contributed by atoms with Gasteiger partial charge in [0.25, 0.3) is 0 Å². The number of hydrogen-bond acceptors (Lipinski definition) is 4. The van der Waals surface area contributed by atoms with Gasteiger partial charge >= 0.3 is 12.0 Å². The molecule has 0 aromatic rings. The molecule has 1 atom stereocenters. The number of aliphatic carboxylic acids is 1. The molecule has 1 heterocycles. The Bertz CT molecular complexity index is 379. The Morgan fingerprint density at radius 3 is 2.68 bits per heavy atom.